The average molecular weight is 373 g/mol. The van der Waals surface area contributed by atoms with Crippen molar-refractivity contribution >= 4 is 27.8 Å². The highest BCUT2D eigenvalue weighted by molar-refractivity contribution is 6.08. The molecule has 0 aliphatic heterocycles. The van der Waals surface area contributed by atoms with Crippen LogP contribution in [0.2, 0.25) is 0 Å². The van der Waals surface area contributed by atoms with Crippen molar-refractivity contribution in [3.63, 3.8) is 0 Å². The molecule has 1 aromatic carbocycles. The summed E-state index contributed by atoms with van der Waals surface area (Å²) in [5, 5.41) is 11.3. The van der Waals surface area contributed by atoms with Gasteiger partial charge in [-0.1, -0.05) is 12.1 Å². The minimum atomic E-state index is -0.748. The molecule has 1 saturated carbocycles. The third kappa shape index (κ3) is 2.69. The molecule has 6 heteroatoms. The number of nitrogens with zero attached hydrogens (tertiary/aromatic N) is 3. The zero-order valence-corrected chi connectivity index (χ0v) is 15.4. The molecule has 4 aromatic rings. The first-order chi connectivity index (χ1) is 13.6. The number of aromatic nitrogens is 3. The highest BCUT2D eigenvalue weighted by Crippen LogP contribution is 2.33. The summed E-state index contributed by atoms with van der Waals surface area (Å²) in [6, 6.07) is 12.2. The van der Waals surface area contributed by atoms with Gasteiger partial charge in [-0.05, 0) is 36.6 Å². The maximum absolute atomic E-state index is 10.9. The van der Waals surface area contributed by atoms with Gasteiger partial charge in [0, 0.05) is 53.6 Å². The summed E-state index contributed by atoms with van der Waals surface area (Å²) < 4.78 is 7.94. The van der Waals surface area contributed by atoms with Gasteiger partial charge in [-0.15, -0.1) is 0 Å². The van der Waals surface area contributed by atoms with Gasteiger partial charge in [0.15, 0.2) is 0 Å². The van der Waals surface area contributed by atoms with Crippen LogP contribution in [0.1, 0.15) is 12.8 Å². The van der Waals surface area contributed by atoms with Gasteiger partial charge in [0.1, 0.15) is 6.10 Å². The van der Waals surface area contributed by atoms with E-state index < -0.39 is 5.97 Å². The van der Waals surface area contributed by atoms with Crippen molar-refractivity contribution in [3.05, 3.63) is 55.0 Å². The number of carbonyl (C=O) groups is 1. The second-order valence-electron chi connectivity index (χ2n) is 7.32. The number of carboxylic acid groups (broad SMARTS) is 1. The molecule has 0 unspecified atom stereocenters. The molecule has 0 spiro atoms. The molecule has 0 saturated heterocycles. The predicted molar refractivity (Wildman–Crippen MR) is 106 cm³/mol. The second kappa shape index (κ2) is 6.34. The Hall–Kier alpha value is -3.41. The normalized spacial score (nSPS) is 18.9. The Morgan fingerprint density at radius 1 is 1.07 bits per heavy atom. The molecule has 0 atom stereocenters. The third-order valence-electron chi connectivity index (χ3n) is 5.61. The predicted octanol–water partition coefficient (Wildman–Crippen LogP) is 4.03. The Labute approximate surface area is 161 Å². The van der Waals surface area contributed by atoms with Gasteiger partial charge in [-0.25, -0.2) is 4.98 Å². The molecule has 3 aromatic heterocycles. The Balaban J connectivity index is 1.40. The van der Waals surface area contributed by atoms with Crippen LogP contribution in [0.25, 0.3) is 32.9 Å². The van der Waals surface area contributed by atoms with Gasteiger partial charge in [0.05, 0.1) is 11.4 Å². The van der Waals surface area contributed by atoms with Crippen LogP contribution < -0.4 is 4.74 Å². The Bertz CT molecular complexity index is 1190. The van der Waals surface area contributed by atoms with Crippen LogP contribution in [0.5, 0.6) is 5.88 Å². The lowest BCUT2D eigenvalue weighted by Gasteiger charge is -2.31. The van der Waals surface area contributed by atoms with Crippen molar-refractivity contribution in [2.24, 2.45) is 13.0 Å². The highest BCUT2D eigenvalue weighted by atomic mass is 16.5. The zero-order valence-electron chi connectivity index (χ0n) is 15.4. The summed E-state index contributed by atoms with van der Waals surface area (Å²) in [5.41, 5.74) is 4.40. The molecule has 3 heterocycles. The number of aliphatic carboxylic acids is 1. The summed E-state index contributed by atoms with van der Waals surface area (Å²) in [6.07, 6.45) is 6.55. The topological polar surface area (TPSA) is 77.2 Å². The lowest BCUT2D eigenvalue weighted by molar-refractivity contribution is -0.148. The summed E-state index contributed by atoms with van der Waals surface area (Å²) in [5.74, 6) is -0.496. The molecule has 1 fully saturated rings. The molecular weight excluding hydrogens is 354 g/mol. The molecule has 5 rings (SSSR count). The molecule has 1 aliphatic rings. The highest BCUT2D eigenvalue weighted by Gasteiger charge is 2.36. The van der Waals surface area contributed by atoms with Gasteiger partial charge < -0.3 is 14.4 Å². The summed E-state index contributed by atoms with van der Waals surface area (Å²) in [7, 11) is 2.06. The van der Waals surface area contributed by atoms with Gasteiger partial charge in [0.25, 0.3) is 0 Å². The van der Waals surface area contributed by atoms with E-state index in [1.165, 1.54) is 5.39 Å². The summed E-state index contributed by atoms with van der Waals surface area (Å²) in [4.78, 5) is 19.5. The Morgan fingerprint density at radius 3 is 2.64 bits per heavy atom. The van der Waals surface area contributed by atoms with E-state index in [9.17, 15) is 4.79 Å². The van der Waals surface area contributed by atoms with Gasteiger partial charge in [-0.2, -0.15) is 0 Å². The van der Waals surface area contributed by atoms with E-state index in [0.29, 0.717) is 18.7 Å². The van der Waals surface area contributed by atoms with Crippen molar-refractivity contribution in [1.29, 1.82) is 0 Å². The number of rotatable bonds is 4. The number of hydrogen-bond acceptors (Lipinski definition) is 4. The van der Waals surface area contributed by atoms with Gasteiger partial charge in [-0.3, -0.25) is 9.78 Å². The molecule has 1 N–H and O–H groups in total. The van der Waals surface area contributed by atoms with Gasteiger partial charge in [0.2, 0.25) is 5.88 Å². The van der Waals surface area contributed by atoms with Crippen LogP contribution >= 0.6 is 0 Å². The van der Waals surface area contributed by atoms with Crippen molar-refractivity contribution < 1.29 is 14.6 Å². The average Bonchev–Trinajstić information content (AvgIpc) is 2.97. The minimum absolute atomic E-state index is 0.0554. The van der Waals surface area contributed by atoms with E-state index in [1.54, 1.807) is 6.20 Å². The molecule has 0 amide bonds. The third-order valence-corrected chi connectivity index (χ3v) is 5.61. The van der Waals surface area contributed by atoms with Crippen LogP contribution in [0.15, 0.2) is 55.0 Å². The lowest BCUT2D eigenvalue weighted by atomic mass is 9.82. The fraction of sp³-hybridized carbons (Fsp3) is 0.227. The number of hydrogen-bond donors (Lipinski definition) is 1. The number of fused-ring (bicyclic) bond motifs is 3. The van der Waals surface area contributed by atoms with E-state index in [2.05, 4.69) is 39.8 Å². The second-order valence-corrected chi connectivity index (χ2v) is 7.32. The fourth-order valence-electron chi connectivity index (χ4n) is 3.89. The van der Waals surface area contributed by atoms with Crippen LogP contribution in [0, 0.1) is 5.92 Å². The largest absolute Gasteiger partial charge is 0.481 e. The van der Waals surface area contributed by atoms with E-state index in [-0.39, 0.29) is 12.0 Å². The number of pyridine rings is 2. The maximum atomic E-state index is 10.9. The zero-order chi connectivity index (χ0) is 19.3. The molecule has 0 radical (unpaired) electrons. The molecule has 28 heavy (non-hydrogen) atoms. The van der Waals surface area contributed by atoms with Gasteiger partial charge >= 0.3 is 5.97 Å². The fourth-order valence-corrected chi connectivity index (χ4v) is 3.89. The SMILES string of the molecule is Cn1c2ccncc2c2ccc(-c3ccc(O[C@H]4C[C@H](C(=O)O)C4)nc3)cc21. The quantitative estimate of drug-likeness (QED) is 0.584. The Kier molecular flexibility index (Phi) is 3.79. The van der Waals surface area contributed by atoms with Crippen molar-refractivity contribution in [2.75, 3.05) is 0 Å². The van der Waals surface area contributed by atoms with Crippen LogP contribution in [0.4, 0.5) is 0 Å². The molecular formula is C22H19N3O3. The number of ether oxygens (including phenoxy) is 1. The van der Waals surface area contributed by atoms with E-state index in [0.717, 1.165) is 27.5 Å². The first-order valence-electron chi connectivity index (χ1n) is 9.28. The molecule has 0 bridgehead atoms. The first-order valence-corrected chi connectivity index (χ1v) is 9.28. The smallest absolute Gasteiger partial charge is 0.306 e. The number of carboxylic acids is 1. The molecule has 140 valence electrons. The number of aryl methyl sites for hydroxylation is 1. The number of benzene rings is 1. The van der Waals surface area contributed by atoms with E-state index in [1.807, 2.05) is 30.6 Å². The summed E-state index contributed by atoms with van der Waals surface area (Å²) in [6.45, 7) is 0. The van der Waals surface area contributed by atoms with Crippen LogP contribution in [0.3, 0.4) is 0 Å². The van der Waals surface area contributed by atoms with Crippen LogP contribution in [-0.4, -0.2) is 31.7 Å². The molecule has 1 aliphatic carbocycles. The monoisotopic (exact) mass is 373 g/mol. The van der Waals surface area contributed by atoms with Crippen LogP contribution in [-0.2, 0) is 11.8 Å². The van der Waals surface area contributed by atoms with E-state index >= 15 is 0 Å². The first kappa shape index (κ1) is 16.7. The minimum Gasteiger partial charge on any atom is -0.481 e. The maximum Gasteiger partial charge on any atom is 0.306 e. The Morgan fingerprint density at radius 2 is 1.89 bits per heavy atom. The standard InChI is InChI=1S/C22H19N3O3/c1-25-19-6-7-23-12-18(19)17-4-2-13(10-20(17)25)14-3-5-21(24-11-14)28-16-8-15(9-16)22(26)27/h2-7,10-12,15-16H,8-9H2,1H3,(H,26,27)/t15-,16-. The van der Waals surface area contributed by atoms with Crippen molar-refractivity contribution in [2.45, 2.75) is 18.9 Å². The van der Waals surface area contributed by atoms with E-state index in [4.69, 9.17) is 9.84 Å². The van der Waals surface area contributed by atoms with Crippen molar-refractivity contribution in [3.8, 4) is 17.0 Å². The lowest BCUT2D eigenvalue weighted by Crippen LogP contribution is -2.38. The molecule has 6 nitrogen and oxygen atoms in total. The summed E-state index contributed by atoms with van der Waals surface area (Å²) >= 11 is 0. The van der Waals surface area contributed by atoms with Crippen molar-refractivity contribution in [1.82, 2.24) is 14.5 Å².